The Labute approximate surface area is 129 Å². The smallest absolute Gasteiger partial charge is 0.225 e. The number of hydrogen-bond acceptors (Lipinski definition) is 4. The van der Waals surface area contributed by atoms with Crippen molar-refractivity contribution in [2.24, 2.45) is 0 Å². The Morgan fingerprint density at radius 1 is 1.33 bits per heavy atom. The normalized spacial score (nSPS) is 12.1. The summed E-state index contributed by atoms with van der Waals surface area (Å²) in [5, 5.41) is 3.93. The number of carbonyl (C=O) groups is 1. The van der Waals surface area contributed by atoms with Gasteiger partial charge < -0.3 is 11.1 Å². The number of anilines is 2. The average molecular weight is 303 g/mol. The number of nitrogens with one attached hydrogen (secondary N) is 1. The summed E-state index contributed by atoms with van der Waals surface area (Å²) < 4.78 is 0. The summed E-state index contributed by atoms with van der Waals surface area (Å²) in [6, 6.07) is 8.32. The van der Waals surface area contributed by atoms with Crippen LogP contribution in [0.15, 0.2) is 24.3 Å². The minimum atomic E-state index is -0.0533. The zero-order valence-corrected chi connectivity index (χ0v) is 13.5. The number of rotatable bonds is 5. The molecule has 2 aromatic rings. The number of aromatic nitrogens is 1. The summed E-state index contributed by atoms with van der Waals surface area (Å²) in [6.07, 6.45) is 1.55. The van der Waals surface area contributed by atoms with Crippen LogP contribution in [-0.2, 0) is 4.79 Å². The van der Waals surface area contributed by atoms with Gasteiger partial charge in [-0.15, -0.1) is 0 Å². The van der Waals surface area contributed by atoms with Gasteiger partial charge in [0, 0.05) is 12.0 Å². The Morgan fingerprint density at radius 2 is 2.00 bits per heavy atom. The highest BCUT2D eigenvalue weighted by Crippen LogP contribution is 2.34. The molecule has 0 radical (unpaired) electrons. The van der Waals surface area contributed by atoms with Crippen LogP contribution in [0.4, 0.5) is 10.1 Å². The van der Waals surface area contributed by atoms with E-state index in [-0.39, 0.29) is 5.91 Å². The van der Waals surface area contributed by atoms with Crippen LogP contribution < -0.4 is 11.1 Å². The van der Waals surface area contributed by atoms with Crippen LogP contribution in [0.2, 0.25) is 0 Å². The average Bonchev–Trinajstić information content (AvgIpc) is 2.87. The molecule has 3 N–H and O–H groups in total. The second kappa shape index (κ2) is 6.72. The quantitative estimate of drug-likeness (QED) is 0.867. The second-order valence-electron chi connectivity index (χ2n) is 5.06. The molecule has 112 valence electrons. The van der Waals surface area contributed by atoms with Crippen molar-refractivity contribution in [3.05, 3.63) is 29.8 Å². The summed E-state index contributed by atoms with van der Waals surface area (Å²) in [6.45, 7) is 6.20. The van der Waals surface area contributed by atoms with Gasteiger partial charge >= 0.3 is 0 Å². The van der Waals surface area contributed by atoms with Gasteiger partial charge in [-0.05, 0) is 17.9 Å². The van der Waals surface area contributed by atoms with E-state index in [1.807, 2.05) is 12.1 Å². The Bertz CT molecular complexity index is 619. The molecule has 1 atom stereocenters. The third-order valence-electron chi connectivity index (χ3n) is 3.59. The van der Waals surface area contributed by atoms with Gasteiger partial charge in [0.1, 0.15) is 10.7 Å². The van der Waals surface area contributed by atoms with E-state index in [1.54, 1.807) is 6.92 Å². The van der Waals surface area contributed by atoms with Crippen molar-refractivity contribution in [3.63, 3.8) is 0 Å². The van der Waals surface area contributed by atoms with Crippen molar-refractivity contribution < 1.29 is 4.79 Å². The van der Waals surface area contributed by atoms with Crippen LogP contribution in [0.3, 0.4) is 0 Å². The largest absolute Gasteiger partial charge is 0.389 e. The third kappa shape index (κ3) is 3.61. The van der Waals surface area contributed by atoms with Gasteiger partial charge in [-0.25, -0.2) is 4.98 Å². The van der Waals surface area contributed by atoms with E-state index < -0.39 is 0 Å². The summed E-state index contributed by atoms with van der Waals surface area (Å²) in [4.78, 5) is 15.8. The van der Waals surface area contributed by atoms with E-state index in [2.05, 4.69) is 36.3 Å². The molecule has 0 aliphatic carbocycles. The molecule has 0 aliphatic rings. The molecule has 1 amide bonds. The van der Waals surface area contributed by atoms with Gasteiger partial charge in [-0.2, -0.15) is 0 Å². The third-order valence-corrected chi connectivity index (χ3v) is 4.39. The molecule has 0 fully saturated rings. The summed E-state index contributed by atoms with van der Waals surface area (Å²) in [7, 11) is 0. The van der Waals surface area contributed by atoms with Crippen molar-refractivity contribution in [2.75, 3.05) is 11.1 Å². The molecule has 0 spiro atoms. The van der Waals surface area contributed by atoms with Gasteiger partial charge in [0.2, 0.25) is 5.91 Å². The first-order valence-electron chi connectivity index (χ1n) is 7.21. The first-order valence-corrected chi connectivity index (χ1v) is 8.03. The fourth-order valence-electron chi connectivity index (χ4n) is 2.01. The van der Waals surface area contributed by atoms with Crippen molar-refractivity contribution in [2.45, 2.75) is 39.5 Å². The summed E-state index contributed by atoms with van der Waals surface area (Å²) >= 11 is 1.30. The lowest BCUT2D eigenvalue weighted by Crippen LogP contribution is -2.08. The number of thiazole rings is 1. The lowest BCUT2D eigenvalue weighted by molar-refractivity contribution is -0.115. The number of benzene rings is 1. The maximum Gasteiger partial charge on any atom is 0.225 e. The fraction of sp³-hybridized carbons (Fsp3) is 0.375. The van der Waals surface area contributed by atoms with Gasteiger partial charge in [-0.3, -0.25) is 4.79 Å². The predicted octanol–water partition coefficient (Wildman–Crippen LogP) is 4.25. The highest BCUT2D eigenvalue weighted by Gasteiger charge is 2.12. The molecule has 0 saturated carbocycles. The standard InChI is InChI=1S/C16H21N3OS/c1-4-10(3)11-6-8-12(9-7-11)14-15(17)21-16(19-14)18-13(20)5-2/h6-10H,4-5,17H2,1-3H3,(H,18,19,20). The van der Waals surface area contributed by atoms with E-state index >= 15 is 0 Å². The highest BCUT2D eigenvalue weighted by atomic mass is 32.1. The molecule has 5 heteroatoms. The van der Waals surface area contributed by atoms with E-state index in [9.17, 15) is 4.79 Å². The number of carbonyl (C=O) groups excluding carboxylic acids is 1. The number of hydrogen-bond donors (Lipinski definition) is 2. The van der Waals surface area contributed by atoms with Crippen LogP contribution >= 0.6 is 11.3 Å². The molecule has 0 saturated heterocycles. The zero-order chi connectivity index (χ0) is 15.4. The maximum atomic E-state index is 11.4. The Morgan fingerprint density at radius 3 is 2.57 bits per heavy atom. The molecule has 4 nitrogen and oxygen atoms in total. The number of nitrogens with two attached hydrogens (primary N) is 1. The number of nitrogen functional groups attached to an aromatic ring is 1. The van der Waals surface area contributed by atoms with E-state index in [4.69, 9.17) is 5.73 Å². The lowest BCUT2D eigenvalue weighted by Gasteiger charge is -2.09. The molecular weight excluding hydrogens is 282 g/mol. The van der Waals surface area contributed by atoms with Crippen molar-refractivity contribution in [1.29, 1.82) is 0 Å². The summed E-state index contributed by atoms with van der Waals surface area (Å²) in [5.41, 5.74) is 9.05. The molecule has 21 heavy (non-hydrogen) atoms. The minimum absolute atomic E-state index is 0.0533. The topological polar surface area (TPSA) is 68.0 Å². The van der Waals surface area contributed by atoms with Crippen molar-refractivity contribution in [1.82, 2.24) is 4.98 Å². The highest BCUT2D eigenvalue weighted by molar-refractivity contribution is 7.20. The maximum absolute atomic E-state index is 11.4. The minimum Gasteiger partial charge on any atom is -0.389 e. The fourth-order valence-corrected chi connectivity index (χ4v) is 2.78. The number of amides is 1. The van der Waals surface area contributed by atoms with Crippen LogP contribution in [0, 0.1) is 0 Å². The molecule has 1 heterocycles. The first kappa shape index (κ1) is 15.5. The van der Waals surface area contributed by atoms with Crippen LogP contribution in [0.1, 0.15) is 45.1 Å². The van der Waals surface area contributed by atoms with Crippen LogP contribution in [-0.4, -0.2) is 10.9 Å². The van der Waals surface area contributed by atoms with E-state index in [0.717, 1.165) is 17.7 Å². The molecule has 1 aromatic carbocycles. The van der Waals surface area contributed by atoms with Crippen molar-refractivity contribution >= 4 is 27.4 Å². The second-order valence-corrected chi connectivity index (χ2v) is 6.10. The lowest BCUT2D eigenvalue weighted by atomic mass is 9.97. The van der Waals surface area contributed by atoms with E-state index in [1.165, 1.54) is 16.9 Å². The zero-order valence-electron chi connectivity index (χ0n) is 12.6. The molecule has 0 bridgehead atoms. The molecule has 1 aromatic heterocycles. The van der Waals surface area contributed by atoms with Crippen molar-refractivity contribution in [3.8, 4) is 11.3 Å². The van der Waals surface area contributed by atoms with Gasteiger partial charge in [-0.1, -0.05) is 56.4 Å². The van der Waals surface area contributed by atoms with Crippen LogP contribution in [0.5, 0.6) is 0 Å². The molecule has 2 rings (SSSR count). The van der Waals surface area contributed by atoms with Gasteiger partial charge in [0.25, 0.3) is 0 Å². The Balaban J connectivity index is 2.23. The SMILES string of the molecule is CCC(=O)Nc1nc(-c2ccc(C(C)CC)cc2)c(N)s1. The van der Waals surface area contributed by atoms with E-state index in [0.29, 0.717) is 22.5 Å². The summed E-state index contributed by atoms with van der Waals surface area (Å²) in [5.74, 6) is 0.494. The monoisotopic (exact) mass is 303 g/mol. The Kier molecular flexibility index (Phi) is 4.96. The molecular formula is C16H21N3OS. The Hall–Kier alpha value is -1.88. The van der Waals surface area contributed by atoms with Gasteiger partial charge in [0.15, 0.2) is 5.13 Å². The first-order chi connectivity index (χ1) is 10.0. The number of nitrogens with zero attached hydrogens (tertiary/aromatic N) is 1. The predicted molar refractivity (Wildman–Crippen MR) is 89.6 cm³/mol. The van der Waals surface area contributed by atoms with Gasteiger partial charge in [0.05, 0.1) is 0 Å². The molecule has 0 aliphatic heterocycles. The molecule has 1 unspecified atom stereocenters. The van der Waals surface area contributed by atoms with Crippen LogP contribution in [0.25, 0.3) is 11.3 Å².